The molecular weight excluding hydrogens is 276 g/mol. The molecule has 7 N–H and O–H groups in total. The zero-order chi connectivity index (χ0) is 16.4. The van der Waals surface area contributed by atoms with Crippen LogP contribution in [0, 0.1) is 22.0 Å². The first kappa shape index (κ1) is 19.1. The lowest BCUT2D eigenvalue weighted by molar-refractivity contribution is -0.548. The highest BCUT2D eigenvalue weighted by molar-refractivity contribution is 5.84. The van der Waals surface area contributed by atoms with Crippen molar-refractivity contribution < 1.29 is 9.83 Å². The Labute approximate surface area is 124 Å². The number of nitrogens with two attached hydrogens (primary N) is 3. The van der Waals surface area contributed by atoms with E-state index in [0.717, 1.165) is 0 Å². The zero-order valence-electron chi connectivity index (χ0n) is 12.6. The normalized spacial score (nSPS) is 14.8. The SMILES string of the molecule is CC(CN)C(C)CC(=O)[C@H](CCCN=C(N)N)N[N+](=O)[O-]. The second-order valence-electron chi connectivity index (χ2n) is 5.25. The van der Waals surface area contributed by atoms with Gasteiger partial charge in [-0.2, -0.15) is 0 Å². The zero-order valence-corrected chi connectivity index (χ0v) is 12.6. The summed E-state index contributed by atoms with van der Waals surface area (Å²) in [6.45, 7) is 4.68. The number of aliphatic imine (C=N–C) groups is 1. The van der Waals surface area contributed by atoms with Gasteiger partial charge in [-0.25, -0.2) is 10.1 Å². The highest BCUT2D eigenvalue weighted by Gasteiger charge is 2.25. The fourth-order valence-corrected chi connectivity index (χ4v) is 1.82. The molecule has 122 valence electrons. The summed E-state index contributed by atoms with van der Waals surface area (Å²) in [7, 11) is 0. The van der Waals surface area contributed by atoms with Crippen LogP contribution in [-0.2, 0) is 4.79 Å². The first-order chi connectivity index (χ1) is 9.77. The Morgan fingerprint density at radius 2 is 1.95 bits per heavy atom. The molecule has 0 heterocycles. The van der Waals surface area contributed by atoms with Gasteiger partial charge in [0.05, 0.1) is 0 Å². The molecular formula is C12H26N6O3. The van der Waals surface area contributed by atoms with Crippen molar-refractivity contribution in [3.8, 4) is 0 Å². The van der Waals surface area contributed by atoms with Crippen molar-refractivity contribution >= 4 is 11.7 Å². The summed E-state index contributed by atoms with van der Waals surface area (Å²) < 4.78 is 0. The highest BCUT2D eigenvalue weighted by atomic mass is 16.7. The lowest BCUT2D eigenvalue weighted by Crippen LogP contribution is -2.41. The summed E-state index contributed by atoms with van der Waals surface area (Å²) in [5.41, 5.74) is 18.0. The smallest absolute Gasteiger partial charge is 0.185 e. The first-order valence-electron chi connectivity index (χ1n) is 6.96. The second kappa shape index (κ2) is 9.92. The molecule has 0 aromatic heterocycles. The Morgan fingerprint density at radius 1 is 1.33 bits per heavy atom. The maximum atomic E-state index is 12.1. The van der Waals surface area contributed by atoms with E-state index in [4.69, 9.17) is 17.2 Å². The molecule has 0 aromatic rings. The number of hydrogen-bond acceptors (Lipinski definition) is 5. The number of ketones is 1. The van der Waals surface area contributed by atoms with E-state index in [0.29, 0.717) is 25.9 Å². The van der Waals surface area contributed by atoms with Crippen molar-refractivity contribution in [1.82, 2.24) is 5.43 Å². The number of nitrogens with one attached hydrogen (secondary N) is 1. The topological polar surface area (TPSA) is 163 Å². The summed E-state index contributed by atoms with van der Waals surface area (Å²) >= 11 is 0. The number of rotatable bonds is 11. The van der Waals surface area contributed by atoms with Crippen LogP contribution in [0.4, 0.5) is 0 Å². The van der Waals surface area contributed by atoms with E-state index < -0.39 is 11.1 Å². The summed E-state index contributed by atoms with van der Waals surface area (Å²) in [6, 6.07) is -0.832. The minimum atomic E-state index is -0.832. The Kier molecular flexibility index (Phi) is 9.02. The third-order valence-electron chi connectivity index (χ3n) is 3.46. The van der Waals surface area contributed by atoms with Gasteiger partial charge in [0.25, 0.3) is 0 Å². The number of nitro groups is 1. The highest BCUT2D eigenvalue weighted by Crippen LogP contribution is 2.16. The van der Waals surface area contributed by atoms with E-state index in [1.165, 1.54) is 0 Å². The van der Waals surface area contributed by atoms with E-state index in [9.17, 15) is 14.9 Å². The third-order valence-corrected chi connectivity index (χ3v) is 3.46. The van der Waals surface area contributed by atoms with Crippen molar-refractivity contribution in [2.24, 2.45) is 34.0 Å². The number of hydrogen-bond donors (Lipinski definition) is 4. The predicted molar refractivity (Wildman–Crippen MR) is 80.8 cm³/mol. The van der Waals surface area contributed by atoms with Crippen LogP contribution < -0.4 is 22.6 Å². The van der Waals surface area contributed by atoms with Crippen LogP contribution in [0.1, 0.15) is 33.1 Å². The van der Waals surface area contributed by atoms with Gasteiger partial charge >= 0.3 is 0 Å². The van der Waals surface area contributed by atoms with Gasteiger partial charge in [-0.15, -0.1) is 5.43 Å². The van der Waals surface area contributed by atoms with Gasteiger partial charge in [0.2, 0.25) is 0 Å². The number of Topliss-reactive ketones (excluding diaryl/α,β-unsaturated/α-hetero) is 1. The number of carbonyl (C=O) groups excluding carboxylic acids is 1. The molecule has 0 spiro atoms. The number of guanidine groups is 1. The standard InChI is InChI=1S/C12H26N6O3/c1-8(9(2)7-13)6-11(19)10(17-18(20)21)4-3-5-16-12(14)15/h8-10,17H,3-7,13H2,1-2H3,(H4,14,15,16)/t8?,9?,10-/m0/s1. The Morgan fingerprint density at radius 3 is 2.43 bits per heavy atom. The monoisotopic (exact) mass is 302 g/mol. The van der Waals surface area contributed by atoms with Gasteiger partial charge < -0.3 is 17.2 Å². The van der Waals surface area contributed by atoms with E-state index in [1.807, 2.05) is 13.8 Å². The average Bonchev–Trinajstić information content (AvgIpc) is 2.40. The fourth-order valence-electron chi connectivity index (χ4n) is 1.82. The molecule has 0 aliphatic carbocycles. The van der Waals surface area contributed by atoms with Gasteiger partial charge in [-0.1, -0.05) is 13.8 Å². The molecule has 0 aliphatic rings. The molecule has 0 amide bonds. The Hall–Kier alpha value is -1.90. The van der Waals surface area contributed by atoms with Crippen LogP contribution >= 0.6 is 0 Å². The third kappa shape index (κ3) is 8.79. The van der Waals surface area contributed by atoms with Crippen LogP contribution in [0.15, 0.2) is 4.99 Å². The molecule has 0 bridgehead atoms. The lowest BCUT2D eigenvalue weighted by atomic mass is 9.89. The number of carbonyl (C=O) groups is 1. The minimum absolute atomic E-state index is 0.0366. The number of hydrazine groups is 1. The van der Waals surface area contributed by atoms with Gasteiger partial charge in [-0.05, 0) is 31.2 Å². The maximum absolute atomic E-state index is 12.1. The first-order valence-corrected chi connectivity index (χ1v) is 6.96. The lowest BCUT2D eigenvalue weighted by Gasteiger charge is -2.19. The maximum Gasteiger partial charge on any atom is 0.185 e. The van der Waals surface area contributed by atoms with Gasteiger partial charge in [0.15, 0.2) is 16.8 Å². The largest absolute Gasteiger partial charge is 0.370 e. The summed E-state index contributed by atoms with van der Waals surface area (Å²) in [5, 5.41) is 9.89. The quantitative estimate of drug-likeness (QED) is 0.130. The van der Waals surface area contributed by atoms with Crippen LogP contribution in [0.2, 0.25) is 0 Å². The van der Waals surface area contributed by atoms with Crippen molar-refractivity contribution in [3.63, 3.8) is 0 Å². The molecule has 9 nitrogen and oxygen atoms in total. The fraction of sp³-hybridized carbons (Fsp3) is 0.833. The Bertz CT molecular complexity index is 370. The molecule has 3 atom stereocenters. The van der Waals surface area contributed by atoms with Crippen molar-refractivity contribution in [2.75, 3.05) is 13.1 Å². The van der Waals surface area contributed by atoms with Crippen LogP contribution in [0.3, 0.4) is 0 Å². The minimum Gasteiger partial charge on any atom is -0.370 e. The predicted octanol–water partition coefficient (Wildman–Crippen LogP) is -0.620. The molecule has 0 fully saturated rings. The second-order valence-corrected chi connectivity index (χ2v) is 5.25. The molecule has 0 aliphatic heterocycles. The van der Waals surface area contributed by atoms with Gasteiger partial charge in [-0.3, -0.25) is 9.79 Å². The van der Waals surface area contributed by atoms with E-state index in [1.54, 1.807) is 0 Å². The molecule has 9 heteroatoms. The van der Waals surface area contributed by atoms with Gasteiger partial charge in [0, 0.05) is 13.0 Å². The van der Waals surface area contributed by atoms with Crippen LogP contribution in [-0.4, -0.2) is 35.9 Å². The van der Waals surface area contributed by atoms with E-state index in [2.05, 4.69) is 10.4 Å². The molecule has 0 radical (unpaired) electrons. The van der Waals surface area contributed by atoms with Crippen LogP contribution in [0.5, 0.6) is 0 Å². The molecule has 0 saturated heterocycles. The van der Waals surface area contributed by atoms with E-state index >= 15 is 0 Å². The Balaban J connectivity index is 4.48. The average molecular weight is 302 g/mol. The summed E-state index contributed by atoms with van der Waals surface area (Å²) in [5.74, 6) is 0.0396. The summed E-state index contributed by atoms with van der Waals surface area (Å²) in [4.78, 5) is 26.5. The molecule has 0 aromatic carbocycles. The van der Waals surface area contributed by atoms with Gasteiger partial charge in [0.1, 0.15) is 6.04 Å². The van der Waals surface area contributed by atoms with Crippen LogP contribution in [0.25, 0.3) is 0 Å². The van der Waals surface area contributed by atoms with Crippen molar-refractivity contribution in [3.05, 3.63) is 10.1 Å². The molecule has 21 heavy (non-hydrogen) atoms. The number of nitrogens with zero attached hydrogens (tertiary/aromatic N) is 2. The van der Waals surface area contributed by atoms with E-state index in [-0.39, 0.29) is 30.0 Å². The summed E-state index contributed by atoms with van der Waals surface area (Å²) in [6.07, 6.45) is 1.04. The molecule has 2 unspecified atom stereocenters. The van der Waals surface area contributed by atoms with Crippen molar-refractivity contribution in [1.29, 1.82) is 0 Å². The molecule has 0 saturated carbocycles. The van der Waals surface area contributed by atoms with Crippen molar-refractivity contribution in [2.45, 2.75) is 39.2 Å². The molecule has 0 rings (SSSR count).